The summed E-state index contributed by atoms with van der Waals surface area (Å²) in [5.41, 5.74) is 2.63. The summed E-state index contributed by atoms with van der Waals surface area (Å²) in [5, 5.41) is 8.55. The Bertz CT molecular complexity index is 876. The van der Waals surface area contributed by atoms with Gasteiger partial charge in [0, 0.05) is 28.7 Å². The number of rotatable bonds is 3. The van der Waals surface area contributed by atoms with Crippen LogP contribution in [0.25, 0.3) is 11.3 Å². The van der Waals surface area contributed by atoms with Gasteiger partial charge in [0.15, 0.2) is 0 Å². The van der Waals surface area contributed by atoms with Crippen molar-refractivity contribution in [2.45, 2.75) is 12.5 Å². The summed E-state index contributed by atoms with van der Waals surface area (Å²) in [6.07, 6.45) is 2.85. The standard InChI is InChI=1S/C19H17BrN4O/c20-16-8-6-15(7-9-16)19(25)23-11-10-17(12-23)24-13-18(21-22-24)14-4-2-1-3-5-14/h1-9,13,17H,10-12H2. The smallest absolute Gasteiger partial charge is 0.253 e. The number of halogens is 1. The molecule has 0 spiro atoms. The average Bonchev–Trinajstić information content (AvgIpc) is 3.32. The molecule has 6 heteroatoms. The van der Waals surface area contributed by atoms with Crippen LogP contribution in [0.4, 0.5) is 0 Å². The van der Waals surface area contributed by atoms with Crippen LogP contribution in [0.5, 0.6) is 0 Å². The van der Waals surface area contributed by atoms with E-state index < -0.39 is 0 Å². The van der Waals surface area contributed by atoms with Gasteiger partial charge in [-0.25, -0.2) is 4.68 Å². The summed E-state index contributed by atoms with van der Waals surface area (Å²) in [4.78, 5) is 14.5. The molecule has 0 bridgehead atoms. The second-order valence-electron chi connectivity index (χ2n) is 6.15. The maximum atomic E-state index is 12.6. The number of benzene rings is 2. The molecule has 1 aromatic heterocycles. The van der Waals surface area contributed by atoms with Gasteiger partial charge in [0.05, 0.1) is 12.2 Å². The number of hydrogen-bond acceptors (Lipinski definition) is 3. The zero-order chi connectivity index (χ0) is 17.2. The minimum absolute atomic E-state index is 0.0680. The van der Waals surface area contributed by atoms with Gasteiger partial charge in [0.1, 0.15) is 5.69 Å². The van der Waals surface area contributed by atoms with Crippen LogP contribution in [0.15, 0.2) is 65.3 Å². The van der Waals surface area contributed by atoms with Crippen molar-refractivity contribution < 1.29 is 4.79 Å². The highest BCUT2D eigenvalue weighted by Crippen LogP contribution is 2.25. The van der Waals surface area contributed by atoms with Crippen LogP contribution in [0.3, 0.4) is 0 Å². The molecule has 1 saturated heterocycles. The fourth-order valence-electron chi connectivity index (χ4n) is 3.11. The Kier molecular flexibility index (Phi) is 4.36. The number of carbonyl (C=O) groups excluding carboxylic acids is 1. The molecule has 2 heterocycles. The molecule has 0 radical (unpaired) electrons. The van der Waals surface area contributed by atoms with Gasteiger partial charge in [0.25, 0.3) is 5.91 Å². The molecule has 1 aliphatic heterocycles. The van der Waals surface area contributed by atoms with Crippen LogP contribution in [-0.4, -0.2) is 38.9 Å². The first-order valence-electron chi connectivity index (χ1n) is 8.23. The molecule has 0 saturated carbocycles. The number of aromatic nitrogens is 3. The molecule has 1 aliphatic rings. The SMILES string of the molecule is O=C(c1ccc(Br)cc1)N1CCC(n2cc(-c3ccccc3)nn2)C1. The third kappa shape index (κ3) is 3.35. The number of likely N-dealkylation sites (tertiary alicyclic amines) is 1. The third-order valence-corrected chi connectivity index (χ3v) is 5.02. The summed E-state index contributed by atoms with van der Waals surface area (Å²) in [6, 6.07) is 17.7. The van der Waals surface area contributed by atoms with Crippen molar-refractivity contribution in [2.24, 2.45) is 0 Å². The van der Waals surface area contributed by atoms with E-state index >= 15 is 0 Å². The maximum Gasteiger partial charge on any atom is 0.253 e. The minimum atomic E-state index is 0.0680. The lowest BCUT2D eigenvalue weighted by Gasteiger charge is -2.16. The highest BCUT2D eigenvalue weighted by atomic mass is 79.9. The van der Waals surface area contributed by atoms with Gasteiger partial charge in [-0.05, 0) is 30.7 Å². The lowest BCUT2D eigenvalue weighted by Crippen LogP contribution is -2.29. The zero-order valence-corrected chi connectivity index (χ0v) is 15.1. The molecule has 1 amide bonds. The largest absolute Gasteiger partial charge is 0.336 e. The van der Waals surface area contributed by atoms with Crippen LogP contribution >= 0.6 is 15.9 Å². The number of hydrogen-bond donors (Lipinski definition) is 0. The first kappa shape index (κ1) is 16.0. The molecule has 0 N–H and O–H groups in total. The molecule has 1 fully saturated rings. The van der Waals surface area contributed by atoms with Gasteiger partial charge in [-0.1, -0.05) is 51.5 Å². The van der Waals surface area contributed by atoms with Crippen LogP contribution in [0.2, 0.25) is 0 Å². The molecule has 3 aromatic rings. The molecule has 126 valence electrons. The molecule has 1 atom stereocenters. The third-order valence-electron chi connectivity index (χ3n) is 4.50. The predicted octanol–water partition coefficient (Wildman–Crippen LogP) is 3.79. The van der Waals surface area contributed by atoms with Crippen LogP contribution in [0, 0.1) is 0 Å². The topological polar surface area (TPSA) is 51.0 Å². The lowest BCUT2D eigenvalue weighted by atomic mass is 10.2. The fraction of sp³-hybridized carbons (Fsp3) is 0.211. The van der Waals surface area contributed by atoms with Gasteiger partial charge in [-0.3, -0.25) is 4.79 Å². The van der Waals surface area contributed by atoms with Gasteiger partial charge in [-0.15, -0.1) is 5.10 Å². The molecule has 4 rings (SSSR count). The summed E-state index contributed by atoms with van der Waals surface area (Å²) in [7, 11) is 0. The first-order valence-corrected chi connectivity index (χ1v) is 9.02. The van der Waals surface area contributed by atoms with Gasteiger partial charge in [0.2, 0.25) is 0 Å². The molecule has 1 unspecified atom stereocenters. The monoisotopic (exact) mass is 396 g/mol. The second kappa shape index (κ2) is 6.80. The Morgan fingerprint density at radius 1 is 1.08 bits per heavy atom. The Morgan fingerprint density at radius 3 is 2.60 bits per heavy atom. The summed E-state index contributed by atoms with van der Waals surface area (Å²) in [5.74, 6) is 0.0680. The Morgan fingerprint density at radius 2 is 1.84 bits per heavy atom. The van der Waals surface area contributed by atoms with Crippen molar-refractivity contribution in [3.05, 3.63) is 70.8 Å². The maximum absolute atomic E-state index is 12.6. The predicted molar refractivity (Wildman–Crippen MR) is 99.2 cm³/mol. The molecular formula is C19H17BrN4O. The lowest BCUT2D eigenvalue weighted by molar-refractivity contribution is 0.0787. The molecule has 0 aliphatic carbocycles. The van der Waals surface area contributed by atoms with E-state index in [2.05, 4.69) is 26.2 Å². The van der Waals surface area contributed by atoms with Crippen molar-refractivity contribution in [2.75, 3.05) is 13.1 Å². The number of nitrogens with zero attached hydrogens (tertiary/aromatic N) is 4. The Balaban J connectivity index is 1.47. The number of amides is 1. The summed E-state index contributed by atoms with van der Waals surface area (Å²) >= 11 is 3.40. The van der Waals surface area contributed by atoms with Crippen LogP contribution in [-0.2, 0) is 0 Å². The summed E-state index contributed by atoms with van der Waals surface area (Å²) in [6.45, 7) is 1.40. The molecule has 5 nitrogen and oxygen atoms in total. The average molecular weight is 397 g/mol. The molecule has 2 aromatic carbocycles. The van der Waals surface area contributed by atoms with E-state index in [1.165, 1.54) is 0 Å². The van der Waals surface area contributed by atoms with Crippen molar-refractivity contribution in [3.8, 4) is 11.3 Å². The highest BCUT2D eigenvalue weighted by molar-refractivity contribution is 9.10. The van der Waals surface area contributed by atoms with Crippen molar-refractivity contribution in [1.82, 2.24) is 19.9 Å². The van der Waals surface area contributed by atoms with Gasteiger partial charge in [-0.2, -0.15) is 0 Å². The Hall–Kier alpha value is -2.47. The number of carbonyl (C=O) groups is 1. The van der Waals surface area contributed by atoms with Crippen molar-refractivity contribution >= 4 is 21.8 Å². The van der Waals surface area contributed by atoms with E-state index in [4.69, 9.17) is 0 Å². The molecule has 25 heavy (non-hydrogen) atoms. The normalized spacial score (nSPS) is 17.0. The van der Waals surface area contributed by atoms with E-state index in [0.29, 0.717) is 12.1 Å². The quantitative estimate of drug-likeness (QED) is 0.676. The summed E-state index contributed by atoms with van der Waals surface area (Å²) < 4.78 is 2.86. The van der Waals surface area contributed by atoms with E-state index in [1.807, 2.05) is 70.4 Å². The van der Waals surface area contributed by atoms with Crippen molar-refractivity contribution in [1.29, 1.82) is 0 Å². The minimum Gasteiger partial charge on any atom is -0.336 e. The van der Waals surface area contributed by atoms with Gasteiger partial charge < -0.3 is 4.90 Å². The highest BCUT2D eigenvalue weighted by Gasteiger charge is 2.28. The van der Waals surface area contributed by atoms with Crippen LogP contribution in [0.1, 0.15) is 22.8 Å². The van der Waals surface area contributed by atoms with Crippen molar-refractivity contribution in [3.63, 3.8) is 0 Å². The first-order chi connectivity index (χ1) is 12.2. The zero-order valence-electron chi connectivity index (χ0n) is 13.5. The van der Waals surface area contributed by atoms with Crippen LogP contribution < -0.4 is 0 Å². The molecular weight excluding hydrogens is 380 g/mol. The van der Waals surface area contributed by atoms with E-state index in [0.717, 1.165) is 28.7 Å². The fourth-order valence-corrected chi connectivity index (χ4v) is 3.38. The van der Waals surface area contributed by atoms with Gasteiger partial charge >= 0.3 is 0 Å². The van der Waals surface area contributed by atoms with E-state index in [9.17, 15) is 4.79 Å². The van der Waals surface area contributed by atoms with E-state index in [-0.39, 0.29) is 11.9 Å². The second-order valence-corrected chi connectivity index (χ2v) is 7.07. The van der Waals surface area contributed by atoms with E-state index in [1.54, 1.807) is 0 Å². The Labute approximate surface area is 154 Å².